The molecule has 0 spiro atoms. The van der Waals surface area contributed by atoms with Crippen molar-refractivity contribution in [1.82, 2.24) is 35.7 Å². The molecular formula is C46H56ClFN8O8S. The van der Waals surface area contributed by atoms with Crippen LogP contribution >= 0.6 is 22.9 Å². The maximum Gasteiger partial charge on any atom is 0.293 e. The predicted molar refractivity (Wildman–Crippen MR) is 243 cm³/mol. The Morgan fingerprint density at radius 2 is 1.72 bits per heavy atom. The monoisotopic (exact) mass is 934 g/mol. The third kappa shape index (κ3) is 12.1. The minimum absolute atomic E-state index is 0.00967. The largest absolute Gasteiger partial charge is 0.391 e. The standard InChI is InChI=1S/C46H56ClFN8O8S/c1-27-41(65-26-51-27)29-15-13-28(14-16-29)23-50-44(61)35-21-31(57)24-55(35)45(62)42(46(2,3)4)53-37(58)12-10-8-6-5-7-9-11-19-49-43(60)36-22-34(56(63)64)40-39(52-38(59)25-54(36)40)32-20-30(48)17-18-33(32)47/h13-18,20,22,26,31,35,39,42,57H,5-12,19,21,23-25H2,1-4H3,(H,49,60)(H,50,61)(H,52,59)(H,53,58)/t31-,35+,39?,42-/m1/s1. The fourth-order valence-corrected chi connectivity index (χ4v) is 9.38. The van der Waals surface area contributed by atoms with Gasteiger partial charge in [0.2, 0.25) is 23.6 Å². The molecule has 348 valence electrons. The lowest BCUT2D eigenvalue weighted by Gasteiger charge is -2.35. The highest BCUT2D eigenvalue weighted by Gasteiger charge is 2.44. The molecular weight excluding hydrogens is 879 g/mol. The van der Waals surface area contributed by atoms with Crippen LogP contribution in [0.1, 0.15) is 118 Å². The Morgan fingerprint density at radius 1 is 1.03 bits per heavy atom. The number of unbranched alkanes of at least 4 members (excludes halogenated alkanes) is 6. The third-order valence-electron chi connectivity index (χ3n) is 11.8. The summed E-state index contributed by atoms with van der Waals surface area (Å²) in [6.07, 6.45) is 4.95. The number of fused-ring (bicyclic) bond motifs is 1. The van der Waals surface area contributed by atoms with Crippen LogP contribution in [0.5, 0.6) is 0 Å². The van der Waals surface area contributed by atoms with E-state index >= 15 is 0 Å². The van der Waals surface area contributed by atoms with Gasteiger partial charge in [-0.05, 0) is 54.5 Å². The summed E-state index contributed by atoms with van der Waals surface area (Å²) in [5.41, 5.74) is 3.73. The first-order chi connectivity index (χ1) is 30.9. The van der Waals surface area contributed by atoms with Crippen LogP contribution in [-0.2, 0) is 32.3 Å². The molecule has 1 unspecified atom stereocenters. The lowest BCUT2D eigenvalue weighted by atomic mass is 9.85. The maximum absolute atomic E-state index is 14.1. The van der Waals surface area contributed by atoms with Crippen molar-refractivity contribution in [2.75, 3.05) is 13.1 Å². The molecule has 2 aromatic carbocycles. The van der Waals surface area contributed by atoms with Crippen molar-refractivity contribution in [3.8, 4) is 10.4 Å². The van der Waals surface area contributed by atoms with E-state index in [0.717, 1.165) is 72.0 Å². The van der Waals surface area contributed by atoms with Crippen molar-refractivity contribution in [3.05, 3.63) is 103 Å². The summed E-state index contributed by atoms with van der Waals surface area (Å²) in [5, 5.41) is 34.0. The topological polar surface area (TPSA) is 218 Å². The number of carbonyl (C=O) groups is 5. The molecule has 65 heavy (non-hydrogen) atoms. The van der Waals surface area contributed by atoms with Gasteiger partial charge in [-0.3, -0.25) is 34.1 Å². The van der Waals surface area contributed by atoms with E-state index in [1.54, 1.807) is 16.8 Å². The molecule has 0 aliphatic carbocycles. The van der Waals surface area contributed by atoms with Gasteiger partial charge in [0.25, 0.3) is 11.6 Å². The fourth-order valence-electron chi connectivity index (χ4n) is 8.34. The van der Waals surface area contributed by atoms with Gasteiger partial charge in [0.1, 0.15) is 41.9 Å². The minimum atomic E-state index is -1.13. The Kier molecular flexibility index (Phi) is 16.1. The predicted octanol–water partition coefficient (Wildman–Crippen LogP) is 6.50. The van der Waals surface area contributed by atoms with E-state index in [1.807, 2.05) is 52.0 Å². The number of carbonyl (C=O) groups excluding carboxylic acids is 5. The molecule has 4 aromatic rings. The van der Waals surface area contributed by atoms with Gasteiger partial charge in [-0.25, -0.2) is 9.37 Å². The number of β-amino-alcohol motifs (C(OH)–C–C–N with tert-alkyl or cyclic N) is 1. The number of hydrogen-bond donors (Lipinski definition) is 5. The van der Waals surface area contributed by atoms with E-state index in [1.165, 1.54) is 15.5 Å². The first kappa shape index (κ1) is 48.7. The quantitative estimate of drug-likeness (QED) is 0.0393. The second kappa shape index (κ2) is 21.5. The van der Waals surface area contributed by atoms with Gasteiger partial charge in [0, 0.05) is 49.1 Å². The maximum atomic E-state index is 14.1. The summed E-state index contributed by atoms with van der Waals surface area (Å²) in [7, 11) is 0. The van der Waals surface area contributed by atoms with Crippen LogP contribution in [0, 0.1) is 28.3 Å². The molecule has 5 amide bonds. The number of aryl methyl sites for hydroxylation is 1. The van der Waals surface area contributed by atoms with Gasteiger partial charge in [0.15, 0.2) is 0 Å². The number of likely N-dealkylation sites (tertiary alicyclic amines) is 1. The van der Waals surface area contributed by atoms with Gasteiger partial charge in [-0.15, -0.1) is 11.3 Å². The highest BCUT2D eigenvalue weighted by molar-refractivity contribution is 7.13. The van der Waals surface area contributed by atoms with Crippen LogP contribution in [0.2, 0.25) is 5.02 Å². The van der Waals surface area contributed by atoms with Crippen LogP contribution in [0.4, 0.5) is 10.1 Å². The van der Waals surface area contributed by atoms with Crippen molar-refractivity contribution in [1.29, 1.82) is 0 Å². The number of rotatable bonds is 19. The van der Waals surface area contributed by atoms with Gasteiger partial charge in [-0.2, -0.15) is 0 Å². The molecule has 1 fully saturated rings. The average Bonchev–Trinajstić information content (AvgIpc) is 3.99. The van der Waals surface area contributed by atoms with Crippen LogP contribution in [0.25, 0.3) is 10.4 Å². The van der Waals surface area contributed by atoms with Crippen LogP contribution < -0.4 is 21.3 Å². The number of hydrogen-bond acceptors (Lipinski definition) is 10. The summed E-state index contributed by atoms with van der Waals surface area (Å²) in [6.45, 7) is 7.72. The van der Waals surface area contributed by atoms with Crippen molar-refractivity contribution in [2.24, 2.45) is 5.41 Å². The van der Waals surface area contributed by atoms with E-state index in [-0.39, 0.29) is 66.3 Å². The van der Waals surface area contributed by atoms with Crippen molar-refractivity contribution < 1.29 is 38.4 Å². The molecule has 6 rings (SSSR count). The second-order valence-electron chi connectivity index (χ2n) is 17.7. The zero-order chi connectivity index (χ0) is 47.0. The molecule has 0 radical (unpaired) electrons. The van der Waals surface area contributed by atoms with E-state index in [4.69, 9.17) is 11.6 Å². The highest BCUT2D eigenvalue weighted by atomic mass is 35.5. The fraction of sp³-hybridized carbons (Fsp3) is 0.478. The average molecular weight is 936 g/mol. The van der Waals surface area contributed by atoms with Gasteiger partial charge in [-0.1, -0.05) is 88.7 Å². The SMILES string of the molecule is Cc1ncsc1-c1ccc(CNC(=O)[C@@H]2C[C@@H](O)CN2C(=O)[C@@H](NC(=O)CCCCCCCCCNC(=O)c2cc([N+](=O)[O-])c3n2CC(=O)NC3c2cc(F)ccc2Cl)C(C)(C)C)cc1. The zero-order valence-electron chi connectivity index (χ0n) is 37.0. The van der Waals surface area contributed by atoms with Crippen LogP contribution in [0.15, 0.2) is 54.0 Å². The zero-order valence-corrected chi connectivity index (χ0v) is 38.5. The normalized spacial score (nSPS) is 17.6. The summed E-state index contributed by atoms with van der Waals surface area (Å²) < 4.78 is 15.4. The Bertz CT molecular complexity index is 2400. The van der Waals surface area contributed by atoms with Crippen molar-refractivity contribution in [2.45, 2.75) is 123 Å². The van der Waals surface area contributed by atoms with E-state index in [9.17, 15) is 43.6 Å². The van der Waals surface area contributed by atoms with Gasteiger partial charge in [0.05, 0.1) is 27.1 Å². The number of aliphatic hydroxyl groups is 1. The molecule has 1 saturated heterocycles. The van der Waals surface area contributed by atoms with Crippen LogP contribution in [0.3, 0.4) is 0 Å². The van der Waals surface area contributed by atoms with E-state index < -0.39 is 63.8 Å². The molecule has 2 aliphatic rings. The van der Waals surface area contributed by atoms with Crippen molar-refractivity contribution >= 4 is 58.2 Å². The first-order valence-corrected chi connectivity index (χ1v) is 23.1. The second-order valence-corrected chi connectivity index (χ2v) is 19.0. The number of aromatic nitrogens is 2. The number of amides is 5. The van der Waals surface area contributed by atoms with Gasteiger partial charge < -0.3 is 35.8 Å². The van der Waals surface area contributed by atoms with Crippen molar-refractivity contribution in [3.63, 3.8) is 0 Å². The molecule has 16 nitrogen and oxygen atoms in total. The Morgan fingerprint density at radius 3 is 2.38 bits per heavy atom. The first-order valence-electron chi connectivity index (χ1n) is 21.9. The number of aliphatic hydroxyl groups excluding tert-OH is 1. The number of benzene rings is 2. The Labute approximate surface area is 385 Å². The molecule has 4 atom stereocenters. The van der Waals surface area contributed by atoms with E-state index in [2.05, 4.69) is 26.3 Å². The molecule has 0 saturated carbocycles. The van der Waals surface area contributed by atoms with Crippen LogP contribution in [-0.4, -0.2) is 85.3 Å². The number of nitrogens with one attached hydrogen (secondary N) is 4. The molecule has 2 aliphatic heterocycles. The lowest BCUT2D eigenvalue weighted by molar-refractivity contribution is -0.385. The molecule has 19 heteroatoms. The summed E-state index contributed by atoms with van der Waals surface area (Å²) in [5.74, 6) is -2.78. The molecule has 4 heterocycles. The minimum Gasteiger partial charge on any atom is -0.391 e. The molecule has 0 bridgehead atoms. The number of halogens is 2. The highest BCUT2D eigenvalue weighted by Crippen LogP contribution is 2.38. The Balaban J connectivity index is 0.904. The number of thiazole rings is 1. The lowest BCUT2D eigenvalue weighted by Crippen LogP contribution is -2.57. The smallest absolute Gasteiger partial charge is 0.293 e. The summed E-state index contributed by atoms with van der Waals surface area (Å²) >= 11 is 7.85. The number of nitro groups is 1. The summed E-state index contributed by atoms with van der Waals surface area (Å²) in [6, 6.07) is 9.57. The van der Waals surface area contributed by atoms with E-state index in [0.29, 0.717) is 19.4 Å². The van der Waals surface area contributed by atoms with Gasteiger partial charge >= 0.3 is 0 Å². The molecule has 5 N–H and O–H groups in total. The molecule has 2 aromatic heterocycles. The number of nitrogens with zero attached hydrogens (tertiary/aromatic N) is 4. The third-order valence-corrected chi connectivity index (χ3v) is 13.1. The summed E-state index contributed by atoms with van der Waals surface area (Å²) in [4.78, 5) is 84.6. The Hall–Kier alpha value is -5.72.